The molecule has 0 radical (unpaired) electrons. The van der Waals surface area contributed by atoms with Crippen molar-refractivity contribution in [3.63, 3.8) is 0 Å². The second kappa shape index (κ2) is 12.5. The first-order valence-corrected chi connectivity index (χ1v) is 17.6. The van der Waals surface area contributed by atoms with Crippen molar-refractivity contribution in [3.8, 4) is 67.5 Å². The van der Waals surface area contributed by atoms with Gasteiger partial charge in [-0.2, -0.15) is 0 Å². The molecule has 3 aromatic heterocycles. The maximum atomic E-state index is 11.8. The van der Waals surface area contributed by atoms with Crippen LogP contribution in [0.2, 0.25) is 0 Å². The van der Waals surface area contributed by atoms with E-state index in [0.717, 1.165) is 77.7 Å². The Hall–Kier alpha value is -7.24. The minimum atomic E-state index is 0.0929. The molecule has 10 aromatic rings. The minimum Gasteiger partial charge on any atom is -0.507 e. The molecule has 0 fully saturated rings. The lowest BCUT2D eigenvalue weighted by Crippen LogP contribution is -2.00. The van der Waals surface area contributed by atoms with E-state index >= 15 is 0 Å². The summed E-state index contributed by atoms with van der Waals surface area (Å²) in [5.74, 6) is 0.678. The Bertz CT molecular complexity index is 2890. The molecule has 0 spiro atoms. The Morgan fingerprint density at radius 2 is 1.21 bits per heavy atom. The summed E-state index contributed by atoms with van der Waals surface area (Å²) in [6.07, 6.45) is 1.83. The molecule has 0 unspecified atom stereocenters. The van der Waals surface area contributed by atoms with Crippen molar-refractivity contribution in [2.24, 2.45) is 0 Å². The summed E-state index contributed by atoms with van der Waals surface area (Å²) in [6, 6.07) is 59.7. The number of phenols is 1. The van der Waals surface area contributed by atoms with E-state index in [1.165, 1.54) is 0 Å². The number of pyridine rings is 1. The fourth-order valence-electron chi connectivity index (χ4n) is 7.53. The van der Waals surface area contributed by atoms with E-state index in [-0.39, 0.29) is 5.75 Å². The fraction of sp³-hybridized carbons (Fsp3) is 0. The maximum absolute atomic E-state index is 11.8. The number of rotatable bonds is 6. The van der Waals surface area contributed by atoms with Gasteiger partial charge in [0.05, 0.1) is 22.4 Å². The zero-order valence-corrected chi connectivity index (χ0v) is 28.5. The maximum Gasteiger partial charge on any atom is 0.153 e. The standard InChI is InChI=1S/C48H31N3O2/c52-43-26-25-39-38-19-8-10-24-44(38)53-47(39)45(43)48-50-46-37(20-13-23-42(46)51(48)41-22-9-7-18-36(41)32-16-5-2-6-17-32)34-28-33(31-14-3-1-4-15-31)29-35(30-34)40-21-11-12-27-49-40/h1-30,52H. The average Bonchev–Trinajstić information content (AvgIpc) is 3.80. The van der Waals surface area contributed by atoms with E-state index in [1.54, 1.807) is 6.07 Å². The van der Waals surface area contributed by atoms with Crippen LogP contribution in [0.15, 0.2) is 187 Å². The van der Waals surface area contributed by atoms with Crippen molar-refractivity contribution in [2.75, 3.05) is 0 Å². The molecule has 0 aliphatic heterocycles. The smallest absolute Gasteiger partial charge is 0.153 e. The van der Waals surface area contributed by atoms with Crippen molar-refractivity contribution in [1.82, 2.24) is 14.5 Å². The van der Waals surface area contributed by atoms with Gasteiger partial charge in [-0.15, -0.1) is 0 Å². The lowest BCUT2D eigenvalue weighted by atomic mass is 9.94. The van der Waals surface area contributed by atoms with Gasteiger partial charge in [0.15, 0.2) is 5.82 Å². The molecule has 250 valence electrons. The summed E-state index contributed by atoms with van der Waals surface area (Å²) in [6.45, 7) is 0. The lowest BCUT2D eigenvalue weighted by molar-refractivity contribution is 0.476. The number of nitrogens with zero attached hydrogens (tertiary/aromatic N) is 3. The molecule has 0 aliphatic rings. The molecular formula is C48H31N3O2. The van der Waals surface area contributed by atoms with Crippen molar-refractivity contribution in [3.05, 3.63) is 182 Å². The number of para-hydroxylation sites is 3. The summed E-state index contributed by atoms with van der Waals surface area (Å²) < 4.78 is 8.71. The summed E-state index contributed by atoms with van der Waals surface area (Å²) in [4.78, 5) is 10.2. The topological polar surface area (TPSA) is 64.1 Å². The second-order valence-corrected chi connectivity index (χ2v) is 13.1. The number of furan rings is 1. The van der Waals surface area contributed by atoms with Crippen LogP contribution in [-0.4, -0.2) is 19.6 Å². The monoisotopic (exact) mass is 681 g/mol. The van der Waals surface area contributed by atoms with Crippen LogP contribution in [0.25, 0.3) is 94.7 Å². The van der Waals surface area contributed by atoms with Crippen molar-refractivity contribution in [2.45, 2.75) is 0 Å². The summed E-state index contributed by atoms with van der Waals surface area (Å²) in [7, 11) is 0. The van der Waals surface area contributed by atoms with Gasteiger partial charge in [0.25, 0.3) is 0 Å². The number of imidazole rings is 1. The van der Waals surface area contributed by atoms with Crippen molar-refractivity contribution >= 4 is 33.0 Å². The van der Waals surface area contributed by atoms with E-state index < -0.39 is 0 Å². The zero-order valence-electron chi connectivity index (χ0n) is 28.5. The largest absolute Gasteiger partial charge is 0.507 e. The van der Waals surface area contributed by atoms with Gasteiger partial charge in [-0.05, 0) is 82.9 Å². The van der Waals surface area contributed by atoms with Gasteiger partial charge in [-0.25, -0.2) is 4.98 Å². The third-order valence-corrected chi connectivity index (χ3v) is 9.98. The van der Waals surface area contributed by atoms with Gasteiger partial charge in [-0.3, -0.25) is 9.55 Å². The first-order valence-electron chi connectivity index (χ1n) is 17.6. The SMILES string of the molecule is Oc1ccc2c(oc3ccccc32)c1-c1nc2c(-c3cc(-c4ccccc4)cc(-c4ccccn4)c3)cccc2n1-c1ccccc1-c1ccccc1. The molecule has 0 aliphatic carbocycles. The van der Waals surface area contributed by atoms with E-state index in [2.05, 4.69) is 108 Å². The number of phenolic OH excluding ortho intramolecular Hbond substituents is 1. The third-order valence-electron chi connectivity index (χ3n) is 9.98. The Morgan fingerprint density at radius 3 is 2.04 bits per heavy atom. The average molecular weight is 682 g/mol. The lowest BCUT2D eigenvalue weighted by Gasteiger charge is -2.16. The number of fused-ring (bicyclic) bond motifs is 4. The first-order chi connectivity index (χ1) is 26.2. The highest BCUT2D eigenvalue weighted by atomic mass is 16.3. The van der Waals surface area contributed by atoms with Gasteiger partial charge < -0.3 is 9.52 Å². The van der Waals surface area contributed by atoms with Crippen LogP contribution >= 0.6 is 0 Å². The van der Waals surface area contributed by atoms with Crippen LogP contribution in [-0.2, 0) is 0 Å². The highest BCUT2D eigenvalue weighted by Crippen LogP contribution is 2.45. The van der Waals surface area contributed by atoms with Gasteiger partial charge in [-0.1, -0.05) is 115 Å². The second-order valence-electron chi connectivity index (χ2n) is 13.1. The molecule has 0 saturated carbocycles. The number of aromatic hydroxyl groups is 1. The van der Waals surface area contributed by atoms with Crippen molar-refractivity contribution < 1.29 is 9.52 Å². The van der Waals surface area contributed by atoms with Crippen LogP contribution in [0.1, 0.15) is 0 Å². The van der Waals surface area contributed by atoms with E-state index in [9.17, 15) is 5.11 Å². The summed E-state index contributed by atoms with van der Waals surface area (Å²) in [5.41, 5.74) is 12.7. The third kappa shape index (κ3) is 5.17. The van der Waals surface area contributed by atoms with Gasteiger partial charge in [0.1, 0.15) is 22.5 Å². The van der Waals surface area contributed by atoms with Gasteiger partial charge in [0, 0.05) is 33.7 Å². The molecule has 0 saturated heterocycles. The van der Waals surface area contributed by atoms with Crippen molar-refractivity contribution in [1.29, 1.82) is 0 Å². The van der Waals surface area contributed by atoms with Gasteiger partial charge in [0.2, 0.25) is 0 Å². The highest BCUT2D eigenvalue weighted by molar-refractivity contribution is 6.11. The van der Waals surface area contributed by atoms with Gasteiger partial charge >= 0.3 is 0 Å². The Morgan fingerprint density at radius 1 is 0.509 bits per heavy atom. The predicted octanol–water partition coefficient (Wildman–Crippen LogP) is 12.4. The van der Waals surface area contributed by atoms with E-state index in [4.69, 9.17) is 14.4 Å². The van der Waals surface area contributed by atoms with Crippen LogP contribution in [0.3, 0.4) is 0 Å². The molecule has 0 atom stereocenters. The summed E-state index contributed by atoms with van der Waals surface area (Å²) in [5, 5.41) is 13.7. The first kappa shape index (κ1) is 30.6. The molecule has 3 heterocycles. The molecule has 0 amide bonds. The van der Waals surface area contributed by atoms with Crippen LogP contribution in [0.5, 0.6) is 5.75 Å². The fourth-order valence-corrected chi connectivity index (χ4v) is 7.53. The van der Waals surface area contributed by atoms with Crippen LogP contribution in [0, 0.1) is 0 Å². The molecule has 5 nitrogen and oxygen atoms in total. The number of aromatic nitrogens is 3. The predicted molar refractivity (Wildman–Crippen MR) is 215 cm³/mol. The Balaban J connectivity index is 1.30. The number of hydrogen-bond acceptors (Lipinski definition) is 4. The summed E-state index contributed by atoms with van der Waals surface area (Å²) >= 11 is 0. The molecule has 53 heavy (non-hydrogen) atoms. The Kier molecular flexibility index (Phi) is 7.22. The normalized spacial score (nSPS) is 11.5. The minimum absolute atomic E-state index is 0.0929. The molecule has 0 bridgehead atoms. The Labute approximate surface area is 305 Å². The van der Waals surface area contributed by atoms with Crippen LogP contribution in [0.4, 0.5) is 0 Å². The van der Waals surface area contributed by atoms with Crippen LogP contribution < -0.4 is 0 Å². The van der Waals surface area contributed by atoms with E-state index in [0.29, 0.717) is 17.0 Å². The molecule has 1 N–H and O–H groups in total. The highest BCUT2D eigenvalue weighted by Gasteiger charge is 2.25. The van der Waals surface area contributed by atoms with E-state index in [1.807, 2.05) is 72.9 Å². The molecule has 5 heteroatoms. The zero-order chi connectivity index (χ0) is 35.3. The number of benzene rings is 7. The number of hydrogen-bond donors (Lipinski definition) is 1. The molecule has 10 rings (SSSR count). The molecular weight excluding hydrogens is 651 g/mol. The quantitative estimate of drug-likeness (QED) is 0.190. The molecule has 7 aromatic carbocycles.